The Bertz CT molecular complexity index is 869. The summed E-state index contributed by atoms with van der Waals surface area (Å²) in [6.45, 7) is 5.47. The molecule has 27 heavy (non-hydrogen) atoms. The molecule has 2 N–H and O–H groups in total. The maximum absolute atomic E-state index is 12.9. The van der Waals surface area contributed by atoms with Gasteiger partial charge < -0.3 is 10.2 Å². The van der Waals surface area contributed by atoms with Crippen LogP contribution >= 0.6 is 11.8 Å². The Labute approximate surface area is 164 Å². The maximum Gasteiger partial charge on any atom is 0.255 e. The minimum atomic E-state index is -3.80. The number of benzene rings is 1. The third kappa shape index (κ3) is 5.48. The molecule has 1 aliphatic rings. The van der Waals surface area contributed by atoms with Crippen molar-refractivity contribution in [3.8, 4) is 12.3 Å². The molecule has 0 radical (unpaired) electrons. The number of nitrogens with one attached hydrogen (secondary N) is 2. The molecule has 1 atom stereocenters. The van der Waals surface area contributed by atoms with Crippen LogP contribution in [0.15, 0.2) is 29.2 Å². The zero-order valence-corrected chi connectivity index (χ0v) is 17.1. The first-order valence-corrected chi connectivity index (χ1v) is 10.9. The van der Waals surface area contributed by atoms with E-state index in [9.17, 15) is 18.0 Å². The van der Waals surface area contributed by atoms with E-state index in [4.69, 9.17) is 6.42 Å². The van der Waals surface area contributed by atoms with Crippen LogP contribution in [0, 0.1) is 12.3 Å². The van der Waals surface area contributed by atoms with Crippen molar-refractivity contribution in [3.05, 3.63) is 29.8 Å². The molecule has 1 heterocycles. The lowest BCUT2D eigenvalue weighted by Gasteiger charge is -2.27. The quantitative estimate of drug-likeness (QED) is 0.708. The van der Waals surface area contributed by atoms with Crippen molar-refractivity contribution in [1.82, 2.24) is 14.9 Å². The van der Waals surface area contributed by atoms with E-state index < -0.39 is 21.6 Å². The fourth-order valence-corrected chi connectivity index (χ4v) is 4.63. The zero-order chi connectivity index (χ0) is 20.2. The number of nitrogens with zero attached hydrogens (tertiary/aromatic N) is 1. The molecule has 146 valence electrons. The summed E-state index contributed by atoms with van der Waals surface area (Å²) in [5.74, 6) is 2.46. The van der Waals surface area contributed by atoms with Crippen LogP contribution in [-0.2, 0) is 14.8 Å². The smallest absolute Gasteiger partial charge is 0.255 e. The SMILES string of the molecule is C#CCNS(=O)(=O)c1cccc(C(=O)N2CSCC2C(=O)NC(C)(C)C)c1. The van der Waals surface area contributed by atoms with Crippen molar-refractivity contribution in [2.75, 3.05) is 18.2 Å². The lowest BCUT2D eigenvalue weighted by molar-refractivity contribution is -0.125. The zero-order valence-electron chi connectivity index (χ0n) is 15.5. The fraction of sp³-hybridized carbons (Fsp3) is 0.444. The van der Waals surface area contributed by atoms with E-state index >= 15 is 0 Å². The van der Waals surface area contributed by atoms with Gasteiger partial charge in [-0.3, -0.25) is 9.59 Å². The second-order valence-corrected chi connectivity index (χ2v) is 9.85. The number of rotatable bonds is 5. The maximum atomic E-state index is 12.9. The van der Waals surface area contributed by atoms with Crippen LogP contribution in [0.4, 0.5) is 0 Å². The number of hydrogen-bond donors (Lipinski definition) is 2. The number of terminal acetylenes is 1. The minimum absolute atomic E-state index is 0.0499. The Kier molecular flexibility index (Phi) is 6.57. The molecular formula is C18H23N3O4S2. The molecule has 1 aliphatic heterocycles. The van der Waals surface area contributed by atoms with Crippen LogP contribution in [0.25, 0.3) is 0 Å². The Morgan fingerprint density at radius 2 is 2.07 bits per heavy atom. The Morgan fingerprint density at radius 1 is 1.37 bits per heavy atom. The molecule has 1 unspecified atom stereocenters. The molecule has 0 aromatic heterocycles. The van der Waals surface area contributed by atoms with Crippen molar-refractivity contribution in [2.24, 2.45) is 0 Å². The summed E-state index contributed by atoms with van der Waals surface area (Å²) in [7, 11) is -3.80. The highest BCUT2D eigenvalue weighted by Gasteiger charge is 2.36. The highest BCUT2D eigenvalue weighted by atomic mass is 32.2. The molecule has 0 aliphatic carbocycles. The van der Waals surface area contributed by atoms with Crippen LogP contribution in [0.5, 0.6) is 0 Å². The van der Waals surface area contributed by atoms with Crippen molar-refractivity contribution < 1.29 is 18.0 Å². The predicted octanol–water partition coefficient (Wildman–Crippen LogP) is 1.03. The average molecular weight is 410 g/mol. The van der Waals surface area contributed by atoms with Crippen molar-refractivity contribution in [3.63, 3.8) is 0 Å². The number of sulfonamides is 1. The second kappa shape index (κ2) is 8.33. The highest BCUT2D eigenvalue weighted by molar-refractivity contribution is 7.99. The Balaban J connectivity index is 2.23. The molecule has 1 fully saturated rings. The van der Waals surface area contributed by atoms with Gasteiger partial charge in [0.2, 0.25) is 15.9 Å². The van der Waals surface area contributed by atoms with E-state index in [0.29, 0.717) is 11.6 Å². The van der Waals surface area contributed by atoms with Crippen molar-refractivity contribution in [1.29, 1.82) is 0 Å². The molecule has 9 heteroatoms. The van der Waals surface area contributed by atoms with Crippen LogP contribution in [-0.4, -0.2) is 54.9 Å². The standard InChI is InChI=1S/C18H23N3O4S2/c1-5-9-19-27(24,25)14-8-6-7-13(10-14)17(23)21-12-26-11-15(21)16(22)20-18(2,3)4/h1,6-8,10,15,19H,9,11-12H2,2-4H3,(H,20,22). The summed E-state index contributed by atoms with van der Waals surface area (Å²) in [5.41, 5.74) is -0.204. The number of amides is 2. The van der Waals surface area contributed by atoms with Crippen LogP contribution in [0.1, 0.15) is 31.1 Å². The van der Waals surface area contributed by atoms with Gasteiger partial charge in [0.15, 0.2) is 0 Å². The van der Waals surface area contributed by atoms with Gasteiger partial charge >= 0.3 is 0 Å². The third-order valence-electron chi connectivity index (χ3n) is 3.70. The molecule has 0 bridgehead atoms. The first-order valence-electron chi connectivity index (χ1n) is 8.29. The van der Waals surface area contributed by atoms with Gasteiger partial charge in [-0.25, -0.2) is 8.42 Å². The van der Waals surface area contributed by atoms with Gasteiger partial charge in [-0.05, 0) is 39.0 Å². The largest absolute Gasteiger partial charge is 0.350 e. The van der Waals surface area contributed by atoms with Gasteiger partial charge in [-0.2, -0.15) is 4.72 Å². The summed E-state index contributed by atoms with van der Waals surface area (Å²) in [5, 5.41) is 2.89. The van der Waals surface area contributed by atoms with Crippen molar-refractivity contribution >= 4 is 33.6 Å². The topological polar surface area (TPSA) is 95.6 Å². The molecule has 1 aromatic carbocycles. The van der Waals surface area contributed by atoms with Gasteiger partial charge in [-0.15, -0.1) is 18.2 Å². The van der Waals surface area contributed by atoms with E-state index in [1.165, 1.54) is 40.9 Å². The lowest BCUT2D eigenvalue weighted by atomic mass is 10.1. The van der Waals surface area contributed by atoms with Crippen molar-refractivity contribution in [2.45, 2.75) is 37.2 Å². The molecule has 0 spiro atoms. The van der Waals surface area contributed by atoms with E-state index in [-0.39, 0.29) is 28.8 Å². The van der Waals surface area contributed by atoms with Gasteiger partial charge in [0.1, 0.15) is 6.04 Å². The number of hydrogen-bond acceptors (Lipinski definition) is 5. The normalized spacial score (nSPS) is 17.4. The lowest BCUT2D eigenvalue weighted by Crippen LogP contribution is -2.52. The molecule has 1 aromatic rings. The Morgan fingerprint density at radius 3 is 2.70 bits per heavy atom. The van der Waals surface area contributed by atoms with Crippen LogP contribution in [0.2, 0.25) is 0 Å². The van der Waals surface area contributed by atoms with Gasteiger partial charge in [0.05, 0.1) is 17.3 Å². The fourth-order valence-electron chi connectivity index (χ4n) is 2.50. The minimum Gasteiger partial charge on any atom is -0.350 e. The predicted molar refractivity (Wildman–Crippen MR) is 106 cm³/mol. The molecule has 2 amide bonds. The molecule has 2 rings (SSSR count). The summed E-state index contributed by atoms with van der Waals surface area (Å²) in [4.78, 5) is 26.8. The number of carbonyl (C=O) groups excluding carboxylic acids is 2. The Hall–Kier alpha value is -2.02. The van der Waals surface area contributed by atoms with Gasteiger partial charge in [0, 0.05) is 16.9 Å². The number of thioether (sulfide) groups is 1. The number of carbonyl (C=O) groups is 2. The average Bonchev–Trinajstić information content (AvgIpc) is 3.08. The van der Waals surface area contributed by atoms with Gasteiger partial charge in [-0.1, -0.05) is 12.0 Å². The summed E-state index contributed by atoms with van der Waals surface area (Å²) < 4.78 is 26.7. The second-order valence-electron chi connectivity index (χ2n) is 7.09. The summed E-state index contributed by atoms with van der Waals surface area (Å²) >= 11 is 1.48. The monoisotopic (exact) mass is 409 g/mol. The first-order chi connectivity index (χ1) is 12.5. The molecule has 7 nitrogen and oxygen atoms in total. The molecular weight excluding hydrogens is 386 g/mol. The highest BCUT2D eigenvalue weighted by Crippen LogP contribution is 2.24. The van der Waals surface area contributed by atoms with E-state index in [2.05, 4.69) is 16.0 Å². The summed E-state index contributed by atoms with van der Waals surface area (Å²) in [6, 6.07) is 5.11. The first kappa shape index (κ1) is 21.3. The van der Waals surface area contributed by atoms with Crippen LogP contribution in [0.3, 0.4) is 0 Å². The van der Waals surface area contributed by atoms with E-state index in [0.717, 1.165) is 0 Å². The summed E-state index contributed by atoms with van der Waals surface area (Å²) in [6.07, 6.45) is 5.08. The molecule has 0 saturated carbocycles. The van der Waals surface area contributed by atoms with E-state index in [1.54, 1.807) is 0 Å². The van der Waals surface area contributed by atoms with Gasteiger partial charge in [0.25, 0.3) is 5.91 Å². The molecule has 1 saturated heterocycles. The van der Waals surface area contributed by atoms with E-state index in [1.807, 2.05) is 20.8 Å². The van der Waals surface area contributed by atoms with Crippen LogP contribution < -0.4 is 10.0 Å². The third-order valence-corrected chi connectivity index (χ3v) is 6.11.